The number of nitriles is 1. The SMILES string of the molecule is C[C@@]12[C@@H](CN(c3ccc(C#N)c(C(F)(F)F)c3)S1(=O)=O)[C@H]1C[C@H](N)[C@@H]2C1. The number of nitrogens with two attached hydrogens (primary N) is 1. The van der Waals surface area contributed by atoms with E-state index in [4.69, 9.17) is 11.0 Å². The van der Waals surface area contributed by atoms with Gasteiger partial charge in [0, 0.05) is 18.5 Å². The molecular weight excluding hydrogens is 367 g/mol. The molecule has 1 aromatic rings. The average Bonchev–Trinajstić information content (AvgIpc) is 3.13. The second-order valence-corrected chi connectivity index (χ2v) is 9.94. The monoisotopic (exact) mass is 385 g/mol. The van der Waals surface area contributed by atoms with E-state index in [9.17, 15) is 21.6 Å². The Morgan fingerprint density at radius 1 is 1.31 bits per heavy atom. The molecule has 1 aliphatic heterocycles. The smallest absolute Gasteiger partial charge is 0.327 e. The van der Waals surface area contributed by atoms with Crippen LogP contribution in [0.2, 0.25) is 0 Å². The highest BCUT2D eigenvalue weighted by atomic mass is 32.2. The summed E-state index contributed by atoms with van der Waals surface area (Å²) in [4.78, 5) is 0. The maximum absolute atomic E-state index is 13.3. The second kappa shape index (κ2) is 5.14. The molecule has 0 amide bonds. The number of fused-ring (bicyclic) bond motifs is 5. The van der Waals surface area contributed by atoms with Gasteiger partial charge in [0.05, 0.1) is 27.6 Å². The van der Waals surface area contributed by atoms with Gasteiger partial charge in [-0.15, -0.1) is 0 Å². The molecule has 9 heteroatoms. The number of anilines is 1. The largest absolute Gasteiger partial charge is 0.417 e. The van der Waals surface area contributed by atoms with Gasteiger partial charge in [0.25, 0.3) is 0 Å². The lowest BCUT2D eigenvalue weighted by Gasteiger charge is -2.36. The fraction of sp³-hybridized carbons (Fsp3) is 0.588. The fourth-order valence-corrected chi connectivity index (χ4v) is 7.86. The highest BCUT2D eigenvalue weighted by Crippen LogP contribution is 2.61. The van der Waals surface area contributed by atoms with E-state index in [0.29, 0.717) is 0 Å². The predicted octanol–water partition coefficient (Wildman–Crippen LogP) is 2.47. The van der Waals surface area contributed by atoms with Crippen LogP contribution in [0.3, 0.4) is 0 Å². The molecule has 3 aliphatic rings. The topological polar surface area (TPSA) is 87.2 Å². The summed E-state index contributed by atoms with van der Waals surface area (Å²) in [5.74, 6) is -0.129. The van der Waals surface area contributed by atoms with Gasteiger partial charge in [-0.05, 0) is 49.8 Å². The zero-order valence-electron chi connectivity index (χ0n) is 14.0. The van der Waals surface area contributed by atoms with Crippen LogP contribution in [0, 0.1) is 29.1 Å². The summed E-state index contributed by atoms with van der Waals surface area (Å²) >= 11 is 0. The van der Waals surface area contributed by atoms with Crippen LogP contribution in [0.25, 0.3) is 0 Å². The van der Waals surface area contributed by atoms with Crippen LogP contribution in [0.5, 0.6) is 0 Å². The Kier molecular flexibility index (Phi) is 3.48. The van der Waals surface area contributed by atoms with Gasteiger partial charge < -0.3 is 5.73 Å². The number of hydrogen-bond donors (Lipinski definition) is 1. The number of hydrogen-bond acceptors (Lipinski definition) is 4. The number of sulfonamides is 1. The van der Waals surface area contributed by atoms with Gasteiger partial charge in [0.2, 0.25) is 10.0 Å². The summed E-state index contributed by atoms with van der Waals surface area (Å²) in [5, 5.41) is 8.92. The first-order chi connectivity index (χ1) is 12.0. The number of alkyl halides is 3. The molecule has 5 atom stereocenters. The van der Waals surface area contributed by atoms with Crippen molar-refractivity contribution >= 4 is 15.7 Å². The van der Waals surface area contributed by atoms with E-state index in [1.807, 2.05) is 0 Å². The van der Waals surface area contributed by atoms with Crippen LogP contribution in [-0.2, 0) is 16.2 Å². The van der Waals surface area contributed by atoms with Gasteiger partial charge in [0.1, 0.15) is 0 Å². The van der Waals surface area contributed by atoms with E-state index in [1.165, 1.54) is 12.1 Å². The van der Waals surface area contributed by atoms with Gasteiger partial charge in [0.15, 0.2) is 0 Å². The van der Waals surface area contributed by atoms with Crippen molar-refractivity contribution in [2.24, 2.45) is 23.5 Å². The highest BCUT2D eigenvalue weighted by Gasteiger charge is 2.70. The molecule has 1 heterocycles. The number of nitrogens with zero attached hydrogens (tertiary/aromatic N) is 2. The van der Waals surface area contributed by atoms with E-state index in [-0.39, 0.29) is 36.0 Å². The molecule has 140 valence electrons. The van der Waals surface area contributed by atoms with Crippen LogP contribution in [-0.4, -0.2) is 25.8 Å². The zero-order chi connectivity index (χ0) is 19.1. The second-order valence-electron chi connectivity index (χ2n) is 7.67. The third kappa shape index (κ3) is 2.03. The van der Waals surface area contributed by atoms with Crippen molar-refractivity contribution in [1.82, 2.24) is 0 Å². The Labute approximate surface area is 149 Å². The molecule has 0 aromatic heterocycles. The lowest BCUT2D eigenvalue weighted by Crippen LogP contribution is -2.51. The minimum absolute atomic E-state index is 0.0417. The van der Waals surface area contributed by atoms with Crippen molar-refractivity contribution < 1.29 is 21.6 Å². The third-order valence-corrected chi connectivity index (χ3v) is 9.27. The van der Waals surface area contributed by atoms with Crippen LogP contribution in [0.1, 0.15) is 30.9 Å². The minimum atomic E-state index is -4.73. The first-order valence-corrected chi connectivity index (χ1v) is 9.85. The Morgan fingerprint density at radius 3 is 2.62 bits per heavy atom. The lowest BCUT2D eigenvalue weighted by molar-refractivity contribution is -0.137. The molecule has 4 rings (SSSR count). The summed E-state index contributed by atoms with van der Waals surface area (Å²) in [6, 6.07) is 4.40. The molecule has 0 radical (unpaired) electrons. The van der Waals surface area contributed by atoms with Gasteiger partial charge in [-0.2, -0.15) is 18.4 Å². The summed E-state index contributed by atoms with van der Waals surface area (Å²) in [6.07, 6.45) is -3.21. The summed E-state index contributed by atoms with van der Waals surface area (Å²) in [6.45, 7) is 1.85. The Hall–Kier alpha value is -1.79. The minimum Gasteiger partial charge on any atom is -0.327 e. The Bertz CT molecular complexity index is 924. The van der Waals surface area contributed by atoms with E-state index < -0.39 is 32.1 Å². The van der Waals surface area contributed by atoms with E-state index in [1.54, 1.807) is 6.92 Å². The lowest BCUT2D eigenvalue weighted by atomic mass is 9.77. The molecular formula is C17H18F3N3O2S. The van der Waals surface area contributed by atoms with Gasteiger partial charge in [-0.1, -0.05) is 0 Å². The molecule has 2 saturated carbocycles. The molecule has 26 heavy (non-hydrogen) atoms. The average molecular weight is 385 g/mol. The first kappa shape index (κ1) is 17.6. The fourth-order valence-electron chi connectivity index (χ4n) is 5.33. The molecule has 0 spiro atoms. The summed E-state index contributed by atoms with van der Waals surface area (Å²) < 4.78 is 66.3. The maximum Gasteiger partial charge on any atom is 0.417 e. The first-order valence-electron chi connectivity index (χ1n) is 8.41. The number of benzene rings is 1. The van der Waals surface area contributed by atoms with Crippen LogP contribution >= 0.6 is 0 Å². The predicted molar refractivity (Wildman–Crippen MR) is 88.5 cm³/mol. The van der Waals surface area contributed by atoms with E-state index in [0.717, 1.165) is 29.3 Å². The van der Waals surface area contributed by atoms with Crippen molar-refractivity contribution in [3.05, 3.63) is 29.3 Å². The Balaban J connectivity index is 1.81. The van der Waals surface area contributed by atoms with E-state index in [2.05, 4.69) is 0 Å². The quantitative estimate of drug-likeness (QED) is 0.805. The van der Waals surface area contributed by atoms with Gasteiger partial charge in [-0.3, -0.25) is 4.31 Å². The molecule has 0 unspecified atom stereocenters. The van der Waals surface area contributed by atoms with Gasteiger partial charge >= 0.3 is 6.18 Å². The molecule has 3 fully saturated rings. The van der Waals surface area contributed by atoms with Crippen molar-refractivity contribution in [2.75, 3.05) is 10.8 Å². The highest BCUT2D eigenvalue weighted by molar-refractivity contribution is 7.94. The molecule has 2 N–H and O–H groups in total. The molecule has 2 bridgehead atoms. The van der Waals surface area contributed by atoms with Crippen molar-refractivity contribution in [3.63, 3.8) is 0 Å². The zero-order valence-corrected chi connectivity index (χ0v) is 14.8. The molecule has 5 nitrogen and oxygen atoms in total. The van der Waals surface area contributed by atoms with Crippen LogP contribution < -0.4 is 10.0 Å². The van der Waals surface area contributed by atoms with E-state index >= 15 is 0 Å². The summed E-state index contributed by atoms with van der Waals surface area (Å²) in [7, 11) is -3.86. The standard InChI is InChI=1S/C17H18F3N3O2S/c1-16-13-4-10(5-15(13)22)14(16)8-23(26(16,24)25)11-3-2-9(7-21)12(6-11)17(18,19)20/h2-3,6,10,13-15H,4-5,8,22H2,1H3/t10-,13+,14+,15+,16-/m1/s1. The van der Waals surface area contributed by atoms with Crippen LogP contribution in [0.15, 0.2) is 18.2 Å². The number of rotatable bonds is 1. The van der Waals surface area contributed by atoms with Crippen molar-refractivity contribution in [3.8, 4) is 6.07 Å². The normalized spacial score (nSPS) is 37.6. The number of halogens is 3. The third-order valence-electron chi connectivity index (χ3n) is 6.62. The van der Waals surface area contributed by atoms with Crippen molar-refractivity contribution in [2.45, 2.75) is 36.7 Å². The maximum atomic E-state index is 13.3. The molecule has 1 aromatic carbocycles. The van der Waals surface area contributed by atoms with Gasteiger partial charge in [-0.25, -0.2) is 8.42 Å². The molecule has 1 saturated heterocycles. The van der Waals surface area contributed by atoms with Crippen molar-refractivity contribution in [1.29, 1.82) is 5.26 Å². The molecule has 2 aliphatic carbocycles. The Morgan fingerprint density at radius 2 is 2.00 bits per heavy atom. The summed E-state index contributed by atoms with van der Waals surface area (Å²) in [5.41, 5.74) is 4.44. The van der Waals surface area contributed by atoms with Crippen LogP contribution in [0.4, 0.5) is 18.9 Å².